The van der Waals surface area contributed by atoms with Gasteiger partial charge in [-0.1, -0.05) is 136 Å². The van der Waals surface area contributed by atoms with Gasteiger partial charge in [0.25, 0.3) is 0 Å². The number of hydrogen-bond acceptors (Lipinski definition) is 4. The number of esters is 1. The highest BCUT2D eigenvalue weighted by Gasteiger charge is 2.12. The van der Waals surface area contributed by atoms with E-state index in [0.29, 0.717) is 17.1 Å². The van der Waals surface area contributed by atoms with E-state index in [-0.39, 0.29) is 11.7 Å². The number of allylic oxidation sites excluding steroid dienone is 1. The van der Waals surface area contributed by atoms with Gasteiger partial charge in [0.2, 0.25) is 0 Å². The van der Waals surface area contributed by atoms with Crippen molar-refractivity contribution in [2.24, 2.45) is 0 Å². The number of rotatable bonds is 26. The Kier molecular flexibility index (Phi) is 26.0. The number of carbonyl (C=O) groups excluding carboxylic acids is 1. The fourth-order valence-corrected chi connectivity index (χ4v) is 5.10. The molecule has 3 nitrogen and oxygen atoms in total. The molecule has 0 amide bonds. The zero-order chi connectivity index (χ0) is 26.7. The number of ether oxygens (including phenoxy) is 1. The van der Waals surface area contributed by atoms with E-state index in [1.807, 2.05) is 6.08 Å². The highest BCUT2D eigenvalue weighted by molar-refractivity contribution is 8.03. The molecule has 0 aromatic heterocycles. The van der Waals surface area contributed by atoms with Gasteiger partial charge in [0.1, 0.15) is 5.76 Å². The van der Waals surface area contributed by atoms with Crippen molar-refractivity contribution in [3.8, 4) is 0 Å². The highest BCUT2D eigenvalue weighted by atomic mass is 32.2. The molecule has 0 aliphatic carbocycles. The lowest BCUT2D eigenvalue weighted by atomic mass is 10.0. The first-order valence-electron chi connectivity index (χ1n) is 15.2. The lowest BCUT2D eigenvalue weighted by Crippen LogP contribution is -2.08. The highest BCUT2D eigenvalue weighted by Crippen LogP contribution is 2.25. The predicted molar refractivity (Wildman–Crippen MR) is 161 cm³/mol. The molecule has 1 N–H and O–H groups in total. The Labute approximate surface area is 228 Å². The molecule has 0 spiro atoms. The molecule has 0 aromatic rings. The van der Waals surface area contributed by atoms with Crippen LogP contribution in [0.2, 0.25) is 0 Å². The van der Waals surface area contributed by atoms with Gasteiger partial charge in [0.05, 0.1) is 12.2 Å². The van der Waals surface area contributed by atoms with Crippen LogP contribution in [0.3, 0.4) is 0 Å². The van der Waals surface area contributed by atoms with E-state index in [2.05, 4.69) is 27.4 Å². The van der Waals surface area contributed by atoms with Gasteiger partial charge in [0.15, 0.2) is 0 Å². The minimum Gasteiger partial charge on any atom is -0.507 e. The molecule has 0 aliphatic heterocycles. The van der Waals surface area contributed by atoms with E-state index < -0.39 is 0 Å². The lowest BCUT2D eigenvalue weighted by molar-refractivity contribution is -0.138. The number of aliphatic hydroxyl groups excluding tert-OH is 1. The third kappa shape index (κ3) is 22.1. The zero-order valence-corrected chi connectivity index (χ0v) is 24.9. The van der Waals surface area contributed by atoms with Crippen molar-refractivity contribution < 1.29 is 14.6 Å². The first-order chi connectivity index (χ1) is 17.6. The second kappa shape index (κ2) is 26.9. The summed E-state index contributed by atoms with van der Waals surface area (Å²) < 4.78 is 5.60. The summed E-state index contributed by atoms with van der Waals surface area (Å²) in [6.45, 7) is 10.7. The average Bonchev–Trinajstić information content (AvgIpc) is 2.87. The fourth-order valence-electron chi connectivity index (χ4n) is 4.07. The van der Waals surface area contributed by atoms with E-state index in [1.165, 1.54) is 77.0 Å². The molecule has 210 valence electrons. The maximum atomic E-state index is 12.8. The molecule has 0 bridgehead atoms. The van der Waals surface area contributed by atoms with Gasteiger partial charge in [0, 0.05) is 4.91 Å². The van der Waals surface area contributed by atoms with Crippen molar-refractivity contribution >= 4 is 17.7 Å². The molecule has 0 radical (unpaired) electrons. The standard InChI is InChI=1S/C32H58O3S/c1-5-8-11-13-14-15-16-17-18-19-20-21-22-24-26-35-32(34)30(25-23-12-9-6-2)28-31(29(4)33)36-27-10-7-3/h25,28,33H,4-24,26-27H2,1-3H3/b30-25+,31-28+. The van der Waals surface area contributed by atoms with Crippen LogP contribution in [0.15, 0.2) is 35.0 Å². The van der Waals surface area contributed by atoms with Crippen LogP contribution in [0.4, 0.5) is 0 Å². The maximum Gasteiger partial charge on any atom is 0.337 e. The van der Waals surface area contributed by atoms with Crippen LogP contribution >= 0.6 is 11.8 Å². The van der Waals surface area contributed by atoms with E-state index in [4.69, 9.17) is 4.74 Å². The molecule has 0 saturated heterocycles. The molecule has 36 heavy (non-hydrogen) atoms. The third-order valence-electron chi connectivity index (χ3n) is 6.47. The Morgan fingerprint density at radius 3 is 1.69 bits per heavy atom. The summed E-state index contributed by atoms with van der Waals surface area (Å²) in [7, 11) is 0. The third-order valence-corrected chi connectivity index (χ3v) is 7.62. The van der Waals surface area contributed by atoms with Crippen LogP contribution in [0, 0.1) is 0 Å². The van der Waals surface area contributed by atoms with Crippen molar-refractivity contribution in [1.29, 1.82) is 0 Å². The normalized spacial score (nSPS) is 12.2. The number of carbonyl (C=O) groups is 1. The summed E-state index contributed by atoms with van der Waals surface area (Å²) in [5, 5.41) is 10.0. The molecule has 0 unspecified atom stereocenters. The number of aliphatic hydroxyl groups is 1. The monoisotopic (exact) mass is 522 g/mol. The SMILES string of the molecule is C=C(O)/C(=C\C(=C/CCCCC)C(=O)OCCCCCCCCCCCCCCCC)SCCCC. The summed E-state index contributed by atoms with van der Waals surface area (Å²) in [6.07, 6.45) is 28.5. The Balaban J connectivity index is 4.21. The van der Waals surface area contributed by atoms with E-state index in [0.717, 1.165) is 57.1 Å². The van der Waals surface area contributed by atoms with Gasteiger partial charge in [-0.25, -0.2) is 4.79 Å². The molecule has 0 aromatic carbocycles. The summed E-state index contributed by atoms with van der Waals surface area (Å²) in [5.41, 5.74) is 0.547. The predicted octanol–water partition coefficient (Wildman–Crippen LogP) is 11.0. The largest absolute Gasteiger partial charge is 0.507 e. The molecule has 0 aliphatic rings. The molecule has 0 heterocycles. The van der Waals surface area contributed by atoms with Crippen LogP contribution in [0.5, 0.6) is 0 Å². The molecule has 0 atom stereocenters. The zero-order valence-electron chi connectivity index (χ0n) is 24.1. The quantitative estimate of drug-likeness (QED) is 0.0403. The number of hydrogen-bond donors (Lipinski definition) is 1. The Bertz CT molecular complexity index is 594. The molecule has 0 saturated carbocycles. The van der Waals surface area contributed by atoms with Crippen LogP contribution < -0.4 is 0 Å². The topological polar surface area (TPSA) is 46.5 Å². The van der Waals surface area contributed by atoms with E-state index >= 15 is 0 Å². The first kappa shape index (κ1) is 34.8. The summed E-state index contributed by atoms with van der Waals surface area (Å²) in [6, 6.07) is 0. The number of thioether (sulfide) groups is 1. The van der Waals surface area contributed by atoms with Crippen molar-refractivity contribution in [1.82, 2.24) is 0 Å². The minimum absolute atomic E-state index is 0.0235. The molecule has 0 fully saturated rings. The van der Waals surface area contributed by atoms with Gasteiger partial charge in [-0.15, -0.1) is 11.8 Å². The number of unbranched alkanes of at least 4 members (excludes halogenated alkanes) is 17. The summed E-state index contributed by atoms with van der Waals surface area (Å²) >= 11 is 1.56. The molecule has 0 rings (SSSR count). The maximum absolute atomic E-state index is 12.8. The smallest absolute Gasteiger partial charge is 0.337 e. The molecular formula is C32H58O3S. The van der Waals surface area contributed by atoms with Gasteiger partial charge in [-0.05, 0) is 37.5 Å². The van der Waals surface area contributed by atoms with Crippen molar-refractivity contribution in [3.05, 3.63) is 35.0 Å². The van der Waals surface area contributed by atoms with Gasteiger partial charge >= 0.3 is 5.97 Å². The Hall–Kier alpha value is -1.16. The lowest BCUT2D eigenvalue weighted by Gasteiger charge is -2.09. The second-order valence-electron chi connectivity index (χ2n) is 10.0. The van der Waals surface area contributed by atoms with Crippen LogP contribution in [0.25, 0.3) is 0 Å². The fraction of sp³-hybridized carbons (Fsp3) is 0.781. The minimum atomic E-state index is -0.281. The van der Waals surface area contributed by atoms with Gasteiger partial charge < -0.3 is 9.84 Å². The van der Waals surface area contributed by atoms with E-state index in [1.54, 1.807) is 17.8 Å². The van der Waals surface area contributed by atoms with Gasteiger partial charge in [-0.2, -0.15) is 0 Å². The van der Waals surface area contributed by atoms with Crippen molar-refractivity contribution in [2.45, 2.75) is 149 Å². The first-order valence-corrected chi connectivity index (χ1v) is 16.1. The van der Waals surface area contributed by atoms with Crippen LogP contribution in [-0.4, -0.2) is 23.4 Å². The van der Waals surface area contributed by atoms with Gasteiger partial charge in [-0.3, -0.25) is 0 Å². The summed E-state index contributed by atoms with van der Waals surface area (Å²) in [4.78, 5) is 13.4. The molecule has 4 heteroatoms. The Morgan fingerprint density at radius 2 is 1.19 bits per heavy atom. The molecular weight excluding hydrogens is 464 g/mol. The van der Waals surface area contributed by atoms with Crippen molar-refractivity contribution in [2.75, 3.05) is 12.4 Å². The second-order valence-corrected chi connectivity index (χ2v) is 11.2. The van der Waals surface area contributed by atoms with E-state index in [9.17, 15) is 9.90 Å². The summed E-state index contributed by atoms with van der Waals surface area (Å²) in [5.74, 6) is 0.644. The van der Waals surface area contributed by atoms with Crippen molar-refractivity contribution in [3.63, 3.8) is 0 Å². The van der Waals surface area contributed by atoms with Crippen LogP contribution in [-0.2, 0) is 9.53 Å². The van der Waals surface area contributed by atoms with Crippen LogP contribution in [0.1, 0.15) is 149 Å². The Morgan fingerprint density at radius 1 is 0.722 bits per heavy atom. The average molecular weight is 523 g/mol.